The van der Waals surface area contributed by atoms with Crippen LogP contribution in [-0.4, -0.2) is 44.5 Å². The highest BCUT2D eigenvalue weighted by atomic mass is 16.2. The van der Waals surface area contributed by atoms with E-state index in [2.05, 4.69) is 25.9 Å². The van der Waals surface area contributed by atoms with Crippen LogP contribution < -0.4 is 16.0 Å². The van der Waals surface area contributed by atoms with Gasteiger partial charge in [0.2, 0.25) is 5.91 Å². The molecule has 2 aromatic carbocycles. The van der Waals surface area contributed by atoms with E-state index < -0.39 is 11.9 Å². The van der Waals surface area contributed by atoms with Gasteiger partial charge >= 0.3 is 0 Å². The van der Waals surface area contributed by atoms with Crippen molar-refractivity contribution in [3.8, 4) is 0 Å². The number of fused-ring (bicyclic) bond motifs is 1. The van der Waals surface area contributed by atoms with Gasteiger partial charge in [-0.15, -0.1) is 0 Å². The van der Waals surface area contributed by atoms with Crippen molar-refractivity contribution in [3.05, 3.63) is 113 Å². The fourth-order valence-electron chi connectivity index (χ4n) is 4.21. The maximum atomic E-state index is 13.5. The highest BCUT2D eigenvalue weighted by Crippen LogP contribution is 2.28. The van der Waals surface area contributed by atoms with E-state index in [-0.39, 0.29) is 30.0 Å². The summed E-state index contributed by atoms with van der Waals surface area (Å²) in [5.41, 5.74) is 3.44. The number of hydrogen-bond acceptors (Lipinski definition) is 6. The van der Waals surface area contributed by atoms with Crippen LogP contribution in [0.5, 0.6) is 0 Å². The number of nitrogens with one attached hydrogen (secondary N) is 3. The Balaban J connectivity index is 1.30. The second-order valence-corrected chi connectivity index (χ2v) is 9.40. The van der Waals surface area contributed by atoms with Gasteiger partial charge in [0.1, 0.15) is 17.6 Å². The van der Waals surface area contributed by atoms with Gasteiger partial charge in [-0.2, -0.15) is 0 Å². The molecule has 40 heavy (non-hydrogen) atoms. The van der Waals surface area contributed by atoms with Crippen molar-refractivity contribution < 1.29 is 19.2 Å². The second-order valence-electron chi connectivity index (χ2n) is 9.40. The molecule has 1 aliphatic heterocycles. The molecule has 3 heterocycles. The molecule has 5 rings (SSSR count). The predicted molar refractivity (Wildman–Crippen MR) is 150 cm³/mol. The Morgan fingerprint density at radius 1 is 0.925 bits per heavy atom. The lowest BCUT2D eigenvalue weighted by molar-refractivity contribution is -0.120. The van der Waals surface area contributed by atoms with Crippen molar-refractivity contribution >= 4 is 40.8 Å². The van der Waals surface area contributed by atoms with Crippen LogP contribution in [-0.2, 0) is 11.3 Å². The molecule has 1 atom stereocenters. The molecular formula is C30H26N6O4. The summed E-state index contributed by atoms with van der Waals surface area (Å²) in [5.74, 6) is -0.958. The van der Waals surface area contributed by atoms with Gasteiger partial charge in [-0.1, -0.05) is 24.3 Å². The number of carbonyl (C=O) groups is 4. The van der Waals surface area contributed by atoms with E-state index in [1.165, 1.54) is 11.1 Å². The van der Waals surface area contributed by atoms with Gasteiger partial charge in [-0.05, 0) is 73.5 Å². The molecular weight excluding hydrogens is 508 g/mol. The molecule has 1 aliphatic rings. The van der Waals surface area contributed by atoms with Crippen molar-refractivity contribution in [1.29, 1.82) is 0 Å². The lowest BCUT2D eigenvalue weighted by Gasteiger charge is -2.26. The molecule has 0 bridgehead atoms. The van der Waals surface area contributed by atoms with E-state index in [0.29, 0.717) is 28.3 Å². The molecule has 0 radical (unpaired) electrons. The summed E-state index contributed by atoms with van der Waals surface area (Å²) in [4.78, 5) is 61.3. The molecule has 4 aromatic rings. The average molecular weight is 535 g/mol. The minimum absolute atomic E-state index is 0.159. The zero-order valence-corrected chi connectivity index (χ0v) is 21.8. The normalized spacial score (nSPS) is 14.6. The number of benzene rings is 2. The van der Waals surface area contributed by atoms with Crippen molar-refractivity contribution in [2.24, 2.45) is 0 Å². The number of nitrogens with zero attached hydrogens (tertiary/aromatic N) is 3. The Hall–Kier alpha value is -5.38. The molecule has 200 valence electrons. The molecule has 0 saturated heterocycles. The molecule has 2 aromatic heterocycles. The van der Waals surface area contributed by atoms with Crippen LogP contribution in [0.4, 0.5) is 17.2 Å². The number of rotatable bonds is 6. The minimum atomic E-state index is -0.762. The highest BCUT2D eigenvalue weighted by molar-refractivity contribution is 6.11. The van der Waals surface area contributed by atoms with Crippen molar-refractivity contribution in [2.45, 2.75) is 26.4 Å². The quantitative estimate of drug-likeness (QED) is 0.338. The van der Waals surface area contributed by atoms with E-state index in [0.717, 1.165) is 11.1 Å². The SMILES string of the molecule is Cc1ccc(NC(=O)c2ccc(CN3C(=O)c4ccc(NC(=O)c5ccccn5)cc4NC(=O)[C@H]3C)cc2)nc1. The molecule has 3 N–H and O–H groups in total. The number of aryl methyl sites for hydroxylation is 1. The summed E-state index contributed by atoms with van der Waals surface area (Å²) in [6, 6.07) is 19.4. The van der Waals surface area contributed by atoms with Crippen LogP contribution in [0.15, 0.2) is 85.2 Å². The fourth-order valence-corrected chi connectivity index (χ4v) is 4.21. The Bertz CT molecular complexity index is 1590. The van der Waals surface area contributed by atoms with Crippen molar-refractivity contribution in [3.63, 3.8) is 0 Å². The average Bonchev–Trinajstić information content (AvgIpc) is 3.05. The summed E-state index contributed by atoms with van der Waals surface area (Å²) in [5, 5.41) is 8.29. The fraction of sp³-hybridized carbons (Fsp3) is 0.133. The van der Waals surface area contributed by atoms with E-state index in [1.807, 2.05) is 13.0 Å². The smallest absolute Gasteiger partial charge is 0.274 e. The highest BCUT2D eigenvalue weighted by Gasteiger charge is 2.32. The van der Waals surface area contributed by atoms with Crippen molar-refractivity contribution in [2.75, 3.05) is 16.0 Å². The van der Waals surface area contributed by atoms with Gasteiger partial charge in [0.25, 0.3) is 17.7 Å². The standard InChI is InChI=1S/C30H26N6O4/c1-18-6-13-26(32-16-18)35-28(38)21-9-7-20(8-10-21)17-36-19(2)27(37)34-25-15-22(11-12-23(25)30(36)40)33-29(39)24-5-3-4-14-31-24/h3-16,19H,17H2,1-2H3,(H,33,39)(H,34,37)(H,32,35,38)/t19-/m1/s1. The molecule has 0 unspecified atom stereocenters. The van der Waals surface area contributed by atoms with E-state index in [9.17, 15) is 19.2 Å². The number of anilines is 3. The van der Waals surface area contributed by atoms with Crippen LogP contribution in [0.2, 0.25) is 0 Å². The van der Waals surface area contributed by atoms with Gasteiger partial charge in [-0.3, -0.25) is 24.2 Å². The van der Waals surface area contributed by atoms with Gasteiger partial charge in [0, 0.05) is 30.2 Å². The van der Waals surface area contributed by atoms with Crippen LogP contribution in [0.25, 0.3) is 0 Å². The first-order valence-electron chi connectivity index (χ1n) is 12.6. The maximum Gasteiger partial charge on any atom is 0.274 e. The zero-order chi connectivity index (χ0) is 28.2. The number of pyridine rings is 2. The van der Waals surface area contributed by atoms with Crippen LogP contribution in [0.3, 0.4) is 0 Å². The van der Waals surface area contributed by atoms with Crippen molar-refractivity contribution in [1.82, 2.24) is 14.9 Å². The summed E-state index contributed by atoms with van der Waals surface area (Å²) in [6.07, 6.45) is 3.19. The predicted octanol–water partition coefficient (Wildman–Crippen LogP) is 4.27. The minimum Gasteiger partial charge on any atom is -0.323 e. The van der Waals surface area contributed by atoms with Gasteiger partial charge in [-0.25, -0.2) is 4.98 Å². The second kappa shape index (κ2) is 11.2. The van der Waals surface area contributed by atoms with E-state index >= 15 is 0 Å². The number of carbonyl (C=O) groups excluding carboxylic acids is 4. The molecule has 0 spiro atoms. The third-order valence-corrected chi connectivity index (χ3v) is 6.49. The third kappa shape index (κ3) is 5.70. The first-order valence-corrected chi connectivity index (χ1v) is 12.6. The zero-order valence-electron chi connectivity index (χ0n) is 21.8. The number of amides is 4. The molecule has 0 aliphatic carbocycles. The number of hydrogen-bond donors (Lipinski definition) is 3. The van der Waals surface area contributed by atoms with Gasteiger partial charge < -0.3 is 20.9 Å². The monoisotopic (exact) mass is 534 g/mol. The van der Waals surface area contributed by atoms with E-state index in [1.54, 1.807) is 79.9 Å². The molecule has 0 saturated carbocycles. The third-order valence-electron chi connectivity index (χ3n) is 6.49. The van der Waals surface area contributed by atoms with Gasteiger partial charge in [0.05, 0.1) is 11.3 Å². The Labute approximate surface area is 230 Å². The lowest BCUT2D eigenvalue weighted by atomic mass is 10.1. The molecule has 10 heteroatoms. The summed E-state index contributed by atoms with van der Waals surface area (Å²) in [7, 11) is 0. The van der Waals surface area contributed by atoms with Gasteiger partial charge in [0.15, 0.2) is 0 Å². The largest absolute Gasteiger partial charge is 0.323 e. The van der Waals surface area contributed by atoms with Crippen LogP contribution in [0.1, 0.15) is 49.3 Å². The summed E-state index contributed by atoms with van der Waals surface area (Å²) >= 11 is 0. The lowest BCUT2D eigenvalue weighted by Crippen LogP contribution is -2.42. The maximum absolute atomic E-state index is 13.5. The first-order chi connectivity index (χ1) is 19.3. The first kappa shape index (κ1) is 26.2. The van der Waals surface area contributed by atoms with E-state index in [4.69, 9.17) is 0 Å². The molecule has 4 amide bonds. The summed E-state index contributed by atoms with van der Waals surface area (Å²) in [6.45, 7) is 3.73. The molecule has 10 nitrogen and oxygen atoms in total. The van der Waals surface area contributed by atoms with Crippen LogP contribution >= 0.6 is 0 Å². The Morgan fingerprint density at radius 3 is 2.42 bits per heavy atom. The number of aromatic nitrogens is 2. The molecule has 0 fully saturated rings. The summed E-state index contributed by atoms with van der Waals surface area (Å²) < 4.78 is 0. The topological polar surface area (TPSA) is 133 Å². The Morgan fingerprint density at radius 2 is 1.73 bits per heavy atom. The van der Waals surface area contributed by atoms with Crippen LogP contribution in [0, 0.1) is 6.92 Å². The Kier molecular flexibility index (Phi) is 7.32.